The molecule has 0 fully saturated rings. The van der Waals surface area contributed by atoms with Crippen LogP contribution in [0.25, 0.3) is 21.9 Å². The Morgan fingerprint density at radius 3 is 2.03 bits per heavy atom. The fourth-order valence-electron chi connectivity index (χ4n) is 4.84. The molecule has 0 aliphatic heterocycles. The van der Waals surface area contributed by atoms with Crippen molar-refractivity contribution in [3.63, 3.8) is 0 Å². The Morgan fingerprint density at radius 1 is 0.750 bits per heavy atom. The van der Waals surface area contributed by atoms with Gasteiger partial charge in [-0.1, -0.05) is 86.6 Å². The lowest BCUT2D eigenvalue weighted by atomic mass is 9.95. The molecule has 0 saturated heterocycles. The zero-order valence-corrected chi connectivity index (χ0v) is 19.0. The Balaban J connectivity index is 1.49. The van der Waals surface area contributed by atoms with Crippen molar-refractivity contribution < 1.29 is 9.47 Å². The highest BCUT2D eigenvalue weighted by Crippen LogP contribution is 2.47. The van der Waals surface area contributed by atoms with Gasteiger partial charge in [-0.2, -0.15) is 0 Å². The maximum absolute atomic E-state index is 6.54. The molecule has 0 N–H and O–H groups in total. The summed E-state index contributed by atoms with van der Waals surface area (Å²) in [6, 6.07) is 30.3. The normalized spacial score (nSPS) is 14.7. The molecule has 32 heavy (non-hydrogen) atoms. The van der Waals surface area contributed by atoms with E-state index in [1.165, 1.54) is 38.6 Å². The van der Waals surface area contributed by atoms with Gasteiger partial charge in [0, 0.05) is 6.61 Å². The monoisotopic (exact) mass is 422 g/mol. The summed E-state index contributed by atoms with van der Waals surface area (Å²) in [4.78, 5) is 0. The first kappa shape index (κ1) is 20.8. The Bertz CT molecular complexity index is 1200. The molecule has 0 amide bonds. The first-order chi connectivity index (χ1) is 15.7. The molecule has 1 aliphatic rings. The number of ether oxygens (including phenoxy) is 2. The first-order valence-electron chi connectivity index (χ1n) is 11.7. The van der Waals surface area contributed by atoms with E-state index >= 15 is 0 Å². The van der Waals surface area contributed by atoms with Crippen molar-refractivity contribution in [2.75, 3.05) is 6.61 Å². The van der Waals surface area contributed by atoms with E-state index in [0.717, 1.165) is 12.2 Å². The summed E-state index contributed by atoms with van der Waals surface area (Å²) >= 11 is 0. The minimum atomic E-state index is -0.387. The molecule has 0 bridgehead atoms. The SMILES string of the molecule is CCOC(Oc1ccc2cc(C(C)CC)ccc2c1)C1c2ccccc2-c2ccccc21. The lowest BCUT2D eigenvalue weighted by Gasteiger charge is -2.26. The maximum Gasteiger partial charge on any atom is 0.210 e. The van der Waals surface area contributed by atoms with Crippen LogP contribution in [-0.4, -0.2) is 12.9 Å². The highest BCUT2D eigenvalue weighted by molar-refractivity contribution is 5.84. The summed E-state index contributed by atoms with van der Waals surface area (Å²) in [6.45, 7) is 7.14. The van der Waals surface area contributed by atoms with E-state index < -0.39 is 0 Å². The van der Waals surface area contributed by atoms with Crippen LogP contribution in [0.15, 0.2) is 84.9 Å². The van der Waals surface area contributed by atoms with Crippen LogP contribution in [0.2, 0.25) is 0 Å². The van der Waals surface area contributed by atoms with Gasteiger partial charge in [-0.15, -0.1) is 0 Å². The standard InChI is InChI=1S/C30H30O2/c1-4-20(3)21-14-15-23-19-24(17-16-22(23)18-21)32-30(31-5-2)29-27-12-8-6-10-25(27)26-11-7-9-13-28(26)29/h6-20,29-30H,4-5H2,1-3H3. The zero-order chi connectivity index (χ0) is 22.1. The number of fused-ring (bicyclic) bond motifs is 4. The number of hydrogen-bond acceptors (Lipinski definition) is 2. The van der Waals surface area contributed by atoms with Crippen molar-refractivity contribution in [3.05, 3.63) is 102 Å². The second-order valence-electron chi connectivity index (χ2n) is 8.67. The quantitative estimate of drug-likeness (QED) is 0.282. The van der Waals surface area contributed by atoms with E-state index in [-0.39, 0.29) is 12.2 Å². The zero-order valence-electron chi connectivity index (χ0n) is 19.0. The summed E-state index contributed by atoms with van der Waals surface area (Å²) in [7, 11) is 0. The van der Waals surface area contributed by atoms with Crippen molar-refractivity contribution in [2.45, 2.75) is 45.3 Å². The van der Waals surface area contributed by atoms with Crippen LogP contribution in [0.3, 0.4) is 0 Å². The van der Waals surface area contributed by atoms with E-state index in [9.17, 15) is 0 Å². The molecular weight excluding hydrogens is 392 g/mol. The fraction of sp³-hybridized carbons (Fsp3) is 0.267. The molecule has 2 atom stereocenters. The molecule has 1 aliphatic carbocycles. The second kappa shape index (κ2) is 8.80. The van der Waals surface area contributed by atoms with Gasteiger partial charge in [0.1, 0.15) is 5.75 Å². The van der Waals surface area contributed by atoms with Gasteiger partial charge in [0.25, 0.3) is 0 Å². The van der Waals surface area contributed by atoms with Crippen LogP contribution in [-0.2, 0) is 4.74 Å². The van der Waals surface area contributed by atoms with Crippen LogP contribution in [0.4, 0.5) is 0 Å². The lowest BCUT2D eigenvalue weighted by Crippen LogP contribution is -2.28. The first-order valence-corrected chi connectivity index (χ1v) is 11.7. The third kappa shape index (κ3) is 3.69. The second-order valence-corrected chi connectivity index (χ2v) is 8.67. The maximum atomic E-state index is 6.54. The van der Waals surface area contributed by atoms with E-state index in [0.29, 0.717) is 12.5 Å². The molecule has 0 aromatic heterocycles. The predicted molar refractivity (Wildman–Crippen MR) is 132 cm³/mol. The molecule has 4 aromatic rings. The lowest BCUT2D eigenvalue weighted by molar-refractivity contribution is -0.0840. The van der Waals surface area contributed by atoms with Crippen LogP contribution in [0.1, 0.15) is 55.7 Å². The molecule has 2 heteroatoms. The Hall–Kier alpha value is -3.10. The smallest absolute Gasteiger partial charge is 0.210 e. The minimum Gasteiger partial charge on any atom is -0.464 e. The molecule has 0 saturated carbocycles. The summed E-state index contributed by atoms with van der Waals surface area (Å²) in [5.74, 6) is 1.46. The summed E-state index contributed by atoms with van der Waals surface area (Å²) in [6.07, 6.45) is 0.759. The Morgan fingerprint density at radius 2 is 1.38 bits per heavy atom. The van der Waals surface area contributed by atoms with Gasteiger partial charge in [-0.3, -0.25) is 0 Å². The summed E-state index contributed by atoms with van der Waals surface area (Å²) < 4.78 is 12.7. The number of hydrogen-bond donors (Lipinski definition) is 0. The molecule has 162 valence electrons. The third-order valence-electron chi connectivity index (χ3n) is 6.75. The van der Waals surface area contributed by atoms with Gasteiger partial charge in [-0.25, -0.2) is 0 Å². The largest absolute Gasteiger partial charge is 0.464 e. The third-order valence-corrected chi connectivity index (χ3v) is 6.75. The van der Waals surface area contributed by atoms with E-state index in [1.54, 1.807) is 0 Å². The molecular formula is C30H30O2. The topological polar surface area (TPSA) is 18.5 Å². The molecule has 2 unspecified atom stereocenters. The highest BCUT2D eigenvalue weighted by Gasteiger charge is 2.36. The molecule has 0 heterocycles. The minimum absolute atomic E-state index is 0.0471. The average molecular weight is 423 g/mol. The number of benzene rings is 4. The van der Waals surface area contributed by atoms with E-state index in [1.807, 2.05) is 6.92 Å². The van der Waals surface area contributed by atoms with Gasteiger partial charge in [0.15, 0.2) is 0 Å². The van der Waals surface area contributed by atoms with Crippen molar-refractivity contribution in [3.8, 4) is 16.9 Å². The average Bonchev–Trinajstić information content (AvgIpc) is 3.17. The molecule has 0 radical (unpaired) electrons. The van der Waals surface area contributed by atoms with Crippen LogP contribution < -0.4 is 4.74 Å². The van der Waals surface area contributed by atoms with E-state index in [2.05, 4.69) is 98.8 Å². The van der Waals surface area contributed by atoms with Gasteiger partial charge in [-0.05, 0) is 70.0 Å². The molecule has 0 spiro atoms. The highest BCUT2D eigenvalue weighted by atomic mass is 16.7. The van der Waals surface area contributed by atoms with Crippen molar-refractivity contribution in [2.24, 2.45) is 0 Å². The van der Waals surface area contributed by atoms with Crippen molar-refractivity contribution >= 4 is 10.8 Å². The number of rotatable bonds is 7. The Kier molecular flexibility index (Phi) is 5.71. The molecule has 5 rings (SSSR count). The van der Waals surface area contributed by atoms with Gasteiger partial charge >= 0.3 is 0 Å². The van der Waals surface area contributed by atoms with Gasteiger partial charge in [0.2, 0.25) is 6.29 Å². The predicted octanol–water partition coefficient (Wildman–Crippen LogP) is 7.91. The molecule has 2 nitrogen and oxygen atoms in total. The fourth-order valence-corrected chi connectivity index (χ4v) is 4.84. The van der Waals surface area contributed by atoms with Crippen LogP contribution in [0, 0.1) is 0 Å². The van der Waals surface area contributed by atoms with Crippen LogP contribution in [0.5, 0.6) is 5.75 Å². The summed E-state index contributed by atoms with van der Waals surface area (Å²) in [5.41, 5.74) is 6.48. The van der Waals surface area contributed by atoms with Crippen molar-refractivity contribution in [1.29, 1.82) is 0 Å². The summed E-state index contributed by atoms with van der Waals surface area (Å²) in [5, 5.41) is 2.44. The van der Waals surface area contributed by atoms with Gasteiger partial charge < -0.3 is 9.47 Å². The van der Waals surface area contributed by atoms with Crippen molar-refractivity contribution in [1.82, 2.24) is 0 Å². The van der Waals surface area contributed by atoms with Crippen LogP contribution >= 0.6 is 0 Å². The molecule has 4 aromatic carbocycles. The van der Waals surface area contributed by atoms with Gasteiger partial charge in [0.05, 0.1) is 5.92 Å². The Labute approximate surface area is 190 Å². The van der Waals surface area contributed by atoms with E-state index in [4.69, 9.17) is 9.47 Å².